The van der Waals surface area contributed by atoms with Gasteiger partial charge >= 0.3 is 0 Å². The number of nitrogens with zero attached hydrogens (tertiary/aromatic N) is 1. The molecule has 2 heterocycles. The molecule has 1 aliphatic heterocycles. The van der Waals surface area contributed by atoms with Gasteiger partial charge < -0.3 is 4.74 Å². The van der Waals surface area contributed by atoms with E-state index in [4.69, 9.17) is 4.74 Å². The Kier molecular flexibility index (Phi) is 4.39. The van der Waals surface area contributed by atoms with E-state index in [0.717, 1.165) is 17.9 Å². The number of aromatic nitrogens is 1. The lowest BCUT2D eigenvalue weighted by Crippen LogP contribution is -2.31. The second-order valence-electron chi connectivity index (χ2n) is 11.4. The molecule has 170 valence electrons. The zero-order chi connectivity index (χ0) is 23.9. The molecule has 0 spiro atoms. The zero-order valence-electron chi connectivity index (χ0n) is 21.3. The van der Waals surface area contributed by atoms with Gasteiger partial charge in [0, 0.05) is 11.5 Å². The Morgan fingerprint density at radius 1 is 0.824 bits per heavy atom. The maximum absolute atomic E-state index is 6.82. The quantitative estimate of drug-likeness (QED) is 0.183. The monoisotopic (exact) mass is 446 g/mol. The number of rotatable bonds is 1. The predicted molar refractivity (Wildman–Crippen MR) is 143 cm³/mol. The van der Waals surface area contributed by atoms with E-state index >= 15 is 0 Å². The normalized spacial score (nSPS) is 12.9. The van der Waals surface area contributed by atoms with E-state index < -0.39 is 0 Å². The van der Waals surface area contributed by atoms with Crippen molar-refractivity contribution < 1.29 is 9.30 Å². The second-order valence-corrected chi connectivity index (χ2v) is 11.4. The van der Waals surface area contributed by atoms with Gasteiger partial charge in [-0.05, 0) is 83.0 Å². The lowest BCUT2D eigenvalue weighted by molar-refractivity contribution is -0.659. The van der Waals surface area contributed by atoms with Gasteiger partial charge in [-0.25, -0.2) is 4.57 Å². The van der Waals surface area contributed by atoms with Gasteiger partial charge in [-0.1, -0.05) is 56.7 Å². The predicted octanol–water partition coefficient (Wildman–Crippen LogP) is 8.26. The van der Waals surface area contributed by atoms with Crippen LogP contribution in [0.1, 0.15) is 43.0 Å². The van der Waals surface area contributed by atoms with Crippen LogP contribution in [0, 0.1) is 26.2 Å². The third-order valence-corrected chi connectivity index (χ3v) is 7.27. The maximum Gasteiger partial charge on any atom is 0.228 e. The van der Waals surface area contributed by atoms with Gasteiger partial charge in [-0.3, -0.25) is 0 Å². The van der Waals surface area contributed by atoms with Crippen LogP contribution >= 0.6 is 0 Å². The topological polar surface area (TPSA) is 13.1 Å². The van der Waals surface area contributed by atoms with E-state index in [1.54, 1.807) is 0 Å². The van der Waals surface area contributed by atoms with Crippen molar-refractivity contribution in [2.24, 2.45) is 12.5 Å². The molecule has 0 saturated heterocycles. The summed E-state index contributed by atoms with van der Waals surface area (Å²) in [6.07, 6.45) is 3.24. The van der Waals surface area contributed by atoms with Gasteiger partial charge in [0.05, 0.1) is 10.9 Å². The average Bonchev–Trinajstić information content (AvgIpc) is 2.75. The molecule has 2 nitrogen and oxygen atoms in total. The number of aryl methyl sites for hydroxylation is 4. The minimum Gasteiger partial charge on any atom is -0.455 e. The summed E-state index contributed by atoms with van der Waals surface area (Å²) >= 11 is 0. The van der Waals surface area contributed by atoms with E-state index in [0.29, 0.717) is 0 Å². The van der Waals surface area contributed by atoms with Gasteiger partial charge in [-0.15, -0.1) is 0 Å². The highest BCUT2D eigenvalue weighted by atomic mass is 16.5. The summed E-state index contributed by atoms with van der Waals surface area (Å²) in [6.45, 7) is 13.5. The van der Waals surface area contributed by atoms with E-state index in [-0.39, 0.29) is 5.41 Å². The number of hydrogen-bond acceptors (Lipinski definition) is 1. The van der Waals surface area contributed by atoms with Crippen molar-refractivity contribution in [2.45, 2.75) is 48.0 Å². The van der Waals surface area contributed by atoms with Crippen molar-refractivity contribution in [3.8, 4) is 22.8 Å². The van der Waals surface area contributed by atoms with Crippen molar-refractivity contribution in [1.29, 1.82) is 0 Å². The Hall–Kier alpha value is -3.39. The SMILES string of the molecule is Cc1cc(C)c2cc3c(c(C)c2c1)-c1c2c(c4ccc(CC(C)(C)C)cc4cc2cc[n+]1C)O3. The Morgan fingerprint density at radius 3 is 2.38 bits per heavy atom. The van der Waals surface area contributed by atoms with Crippen LogP contribution in [0.4, 0.5) is 0 Å². The molecule has 0 N–H and O–H groups in total. The molecule has 1 aliphatic rings. The molecule has 34 heavy (non-hydrogen) atoms. The third-order valence-electron chi connectivity index (χ3n) is 7.27. The number of pyridine rings is 1. The maximum atomic E-state index is 6.82. The summed E-state index contributed by atoms with van der Waals surface area (Å²) in [7, 11) is 2.15. The lowest BCUT2D eigenvalue weighted by Gasteiger charge is -2.24. The van der Waals surface area contributed by atoms with Crippen molar-refractivity contribution in [3.63, 3.8) is 0 Å². The summed E-state index contributed by atoms with van der Waals surface area (Å²) in [5.74, 6) is 1.94. The van der Waals surface area contributed by atoms with Crippen LogP contribution in [0.5, 0.6) is 11.5 Å². The molecule has 0 unspecified atom stereocenters. The first kappa shape index (κ1) is 21.2. The third kappa shape index (κ3) is 3.12. The van der Waals surface area contributed by atoms with Crippen molar-refractivity contribution >= 4 is 32.3 Å². The lowest BCUT2D eigenvalue weighted by atomic mass is 9.86. The minimum absolute atomic E-state index is 0.254. The van der Waals surface area contributed by atoms with Crippen LogP contribution < -0.4 is 9.30 Å². The van der Waals surface area contributed by atoms with Crippen LogP contribution in [0.2, 0.25) is 0 Å². The first-order valence-corrected chi connectivity index (χ1v) is 12.2. The van der Waals surface area contributed by atoms with E-state index in [1.807, 2.05) is 0 Å². The van der Waals surface area contributed by atoms with E-state index in [2.05, 4.69) is 108 Å². The Labute approximate surface area is 201 Å². The molecule has 4 aromatic carbocycles. The van der Waals surface area contributed by atoms with Crippen LogP contribution in [0.25, 0.3) is 43.6 Å². The fourth-order valence-corrected chi connectivity index (χ4v) is 5.88. The van der Waals surface area contributed by atoms with Crippen LogP contribution in [-0.4, -0.2) is 0 Å². The minimum atomic E-state index is 0.254. The number of hydrogen-bond donors (Lipinski definition) is 0. The highest BCUT2D eigenvalue weighted by molar-refractivity contribution is 6.13. The molecule has 6 rings (SSSR count). The van der Waals surface area contributed by atoms with Crippen LogP contribution in [-0.2, 0) is 13.5 Å². The van der Waals surface area contributed by atoms with E-state index in [9.17, 15) is 0 Å². The average molecular weight is 447 g/mol. The zero-order valence-corrected chi connectivity index (χ0v) is 21.3. The Bertz CT molecular complexity index is 1670. The summed E-state index contributed by atoms with van der Waals surface area (Å²) in [5.41, 5.74) is 7.96. The van der Waals surface area contributed by atoms with Crippen molar-refractivity contribution in [1.82, 2.24) is 0 Å². The largest absolute Gasteiger partial charge is 0.455 e. The molecular weight excluding hydrogens is 414 g/mol. The highest BCUT2D eigenvalue weighted by Crippen LogP contribution is 2.51. The van der Waals surface area contributed by atoms with Crippen molar-refractivity contribution in [2.75, 3.05) is 0 Å². The fourth-order valence-electron chi connectivity index (χ4n) is 5.88. The standard InChI is InChI=1S/C32H32NO/c1-18-12-19(2)25-16-27-28(20(3)26(25)13-18)30-29-22(10-11-33(30)7)15-23-14-21(17-32(4,5)6)8-9-24(23)31(29)34-27/h8-16H,17H2,1-7H3/q+1. The van der Waals surface area contributed by atoms with Gasteiger partial charge in [0.1, 0.15) is 18.5 Å². The molecular formula is C32H32NO+. The summed E-state index contributed by atoms with van der Waals surface area (Å²) in [4.78, 5) is 0. The number of fused-ring (bicyclic) bond motifs is 5. The van der Waals surface area contributed by atoms with Gasteiger partial charge in [0.2, 0.25) is 5.69 Å². The van der Waals surface area contributed by atoms with Crippen molar-refractivity contribution in [3.05, 3.63) is 77.0 Å². The Morgan fingerprint density at radius 2 is 1.62 bits per heavy atom. The van der Waals surface area contributed by atoms with E-state index in [1.165, 1.54) is 65.8 Å². The summed E-state index contributed by atoms with van der Waals surface area (Å²) in [6, 6.07) is 18.3. The molecule has 1 aromatic heterocycles. The fraction of sp³-hybridized carbons (Fsp3) is 0.281. The summed E-state index contributed by atoms with van der Waals surface area (Å²) in [5, 5.41) is 7.45. The molecule has 0 aliphatic carbocycles. The molecule has 0 bridgehead atoms. The van der Waals surface area contributed by atoms with Crippen LogP contribution in [0.3, 0.4) is 0 Å². The van der Waals surface area contributed by atoms with Gasteiger partial charge in [0.15, 0.2) is 6.20 Å². The smallest absolute Gasteiger partial charge is 0.228 e. The highest BCUT2D eigenvalue weighted by Gasteiger charge is 2.31. The van der Waals surface area contributed by atoms with Crippen LogP contribution in [0.15, 0.2) is 54.7 Å². The molecule has 0 fully saturated rings. The first-order chi connectivity index (χ1) is 16.1. The molecule has 0 atom stereocenters. The molecule has 0 radical (unpaired) electrons. The summed E-state index contributed by atoms with van der Waals surface area (Å²) < 4.78 is 9.08. The second kappa shape index (κ2) is 7.06. The number of benzene rings is 4. The molecule has 5 aromatic rings. The Balaban J connectivity index is 1.70. The molecule has 0 saturated carbocycles. The molecule has 2 heteroatoms. The molecule has 0 amide bonds. The first-order valence-electron chi connectivity index (χ1n) is 12.2. The van der Waals surface area contributed by atoms with Gasteiger partial charge in [0.25, 0.3) is 0 Å². The van der Waals surface area contributed by atoms with Gasteiger partial charge in [-0.2, -0.15) is 0 Å². The number of ether oxygens (including phenoxy) is 1.